The van der Waals surface area contributed by atoms with Gasteiger partial charge < -0.3 is 9.84 Å². The SMILES string of the molecule is COc1ccc(F)cc1CN1CC[C@@](C)(O)[C@@H](Cc2ccccc2)C1. The summed E-state index contributed by atoms with van der Waals surface area (Å²) >= 11 is 0. The first-order valence-electron chi connectivity index (χ1n) is 8.79. The Morgan fingerprint density at radius 2 is 2.00 bits per heavy atom. The molecule has 0 saturated carbocycles. The van der Waals surface area contributed by atoms with Crippen molar-refractivity contribution in [3.8, 4) is 5.75 Å². The number of halogens is 1. The van der Waals surface area contributed by atoms with Gasteiger partial charge in [0.25, 0.3) is 0 Å². The van der Waals surface area contributed by atoms with Gasteiger partial charge in [0, 0.05) is 31.1 Å². The van der Waals surface area contributed by atoms with Crippen LogP contribution in [0.2, 0.25) is 0 Å². The molecule has 0 bridgehead atoms. The van der Waals surface area contributed by atoms with Crippen LogP contribution in [0.25, 0.3) is 0 Å². The highest BCUT2D eigenvalue weighted by Gasteiger charge is 2.37. The van der Waals surface area contributed by atoms with Crippen LogP contribution in [0.5, 0.6) is 5.75 Å². The van der Waals surface area contributed by atoms with E-state index in [0.29, 0.717) is 18.7 Å². The topological polar surface area (TPSA) is 32.7 Å². The third-order valence-corrected chi connectivity index (χ3v) is 5.25. The predicted octanol–water partition coefficient (Wildman–Crippen LogP) is 3.65. The van der Waals surface area contributed by atoms with Crippen LogP contribution in [0.4, 0.5) is 4.39 Å². The van der Waals surface area contributed by atoms with E-state index in [-0.39, 0.29) is 11.7 Å². The van der Waals surface area contributed by atoms with E-state index in [9.17, 15) is 9.50 Å². The molecule has 1 aliphatic heterocycles. The number of aliphatic hydroxyl groups is 1. The Morgan fingerprint density at radius 3 is 2.72 bits per heavy atom. The van der Waals surface area contributed by atoms with Crippen LogP contribution in [0.1, 0.15) is 24.5 Å². The van der Waals surface area contributed by atoms with E-state index < -0.39 is 5.60 Å². The molecule has 0 spiro atoms. The molecule has 4 heteroatoms. The monoisotopic (exact) mass is 343 g/mol. The molecule has 25 heavy (non-hydrogen) atoms. The fourth-order valence-electron chi connectivity index (χ4n) is 3.63. The van der Waals surface area contributed by atoms with Crippen LogP contribution in [-0.4, -0.2) is 35.8 Å². The molecule has 1 saturated heterocycles. The highest BCUT2D eigenvalue weighted by Crippen LogP contribution is 2.32. The number of likely N-dealkylation sites (tertiary alicyclic amines) is 1. The first kappa shape index (κ1) is 17.9. The van der Waals surface area contributed by atoms with Crippen LogP contribution in [0.15, 0.2) is 48.5 Å². The predicted molar refractivity (Wildman–Crippen MR) is 97.1 cm³/mol. The molecule has 3 rings (SSSR count). The Hall–Kier alpha value is -1.91. The molecule has 0 radical (unpaired) electrons. The molecular weight excluding hydrogens is 317 g/mol. The summed E-state index contributed by atoms with van der Waals surface area (Å²) in [6.45, 7) is 4.13. The van der Waals surface area contributed by atoms with E-state index in [0.717, 1.165) is 25.1 Å². The van der Waals surface area contributed by atoms with Gasteiger partial charge in [0.1, 0.15) is 11.6 Å². The second-order valence-electron chi connectivity index (χ2n) is 7.19. The lowest BCUT2D eigenvalue weighted by molar-refractivity contribution is -0.0594. The number of nitrogens with zero attached hydrogens (tertiary/aromatic N) is 1. The Bertz CT molecular complexity index is 702. The zero-order chi connectivity index (χ0) is 17.9. The van der Waals surface area contributed by atoms with Crippen LogP contribution < -0.4 is 4.74 Å². The summed E-state index contributed by atoms with van der Waals surface area (Å²) in [5.41, 5.74) is 1.40. The summed E-state index contributed by atoms with van der Waals surface area (Å²) in [6.07, 6.45) is 1.55. The van der Waals surface area contributed by atoms with Gasteiger partial charge in [-0.15, -0.1) is 0 Å². The number of methoxy groups -OCH3 is 1. The van der Waals surface area contributed by atoms with Crippen molar-refractivity contribution < 1.29 is 14.2 Å². The molecule has 1 aliphatic rings. The summed E-state index contributed by atoms with van der Waals surface area (Å²) in [7, 11) is 1.61. The standard InChI is InChI=1S/C21H26FNO2/c1-21(24)10-11-23(14-17-13-19(22)8-9-20(17)25-2)15-18(21)12-16-6-4-3-5-7-16/h3-9,13,18,24H,10-12,14-15H2,1-2H3/t18-,21+/m0/s1. The maximum Gasteiger partial charge on any atom is 0.123 e. The second-order valence-corrected chi connectivity index (χ2v) is 7.19. The molecule has 0 aliphatic carbocycles. The van der Waals surface area contributed by atoms with E-state index in [4.69, 9.17) is 4.74 Å². The maximum atomic E-state index is 13.6. The number of benzene rings is 2. The molecule has 1 fully saturated rings. The minimum Gasteiger partial charge on any atom is -0.496 e. The average molecular weight is 343 g/mol. The summed E-state index contributed by atoms with van der Waals surface area (Å²) in [4.78, 5) is 2.28. The highest BCUT2D eigenvalue weighted by molar-refractivity contribution is 5.34. The summed E-state index contributed by atoms with van der Waals surface area (Å²) < 4.78 is 19.0. The second kappa shape index (κ2) is 7.54. The van der Waals surface area contributed by atoms with Crippen molar-refractivity contribution in [2.24, 2.45) is 5.92 Å². The Morgan fingerprint density at radius 1 is 1.24 bits per heavy atom. The van der Waals surface area contributed by atoms with Crippen LogP contribution in [-0.2, 0) is 13.0 Å². The normalized spacial score (nSPS) is 24.2. The largest absolute Gasteiger partial charge is 0.496 e. The molecule has 1 N–H and O–H groups in total. The molecule has 2 aromatic carbocycles. The Balaban J connectivity index is 1.73. The van der Waals surface area contributed by atoms with Crippen molar-refractivity contribution in [2.45, 2.75) is 31.9 Å². The zero-order valence-electron chi connectivity index (χ0n) is 14.9. The number of rotatable bonds is 5. The van der Waals surface area contributed by atoms with Crippen molar-refractivity contribution >= 4 is 0 Å². The minimum atomic E-state index is -0.682. The molecule has 2 aromatic rings. The first-order valence-corrected chi connectivity index (χ1v) is 8.79. The van der Waals surface area contributed by atoms with Gasteiger partial charge in [-0.25, -0.2) is 4.39 Å². The van der Waals surface area contributed by atoms with Gasteiger partial charge in [0.15, 0.2) is 0 Å². The molecular formula is C21H26FNO2. The molecule has 134 valence electrons. The third kappa shape index (κ3) is 4.39. The fourth-order valence-corrected chi connectivity index (χ4v) is 3.63. The van der Waals surface area contributed by atoms with Crippen LogP contribution >= 0.6 is 0 Å². The quantitative estimate of drug-likeness (QED) is 0.899. The van der Waals surface area contributed by atoms with Gasteiger partial charge in [-0.1, -0.05) is 30.3 Å². The lowest BCUT2D eigenvalue weighted by Crippen LogP contribution is -2.50. The number of ether oxygens (including phenoxy) is 1. The highest BCUT2D eigenvalue weighted by atomic mass is 19.1. The number of piperidine rings is 1. The molecule has 0 amide bonds. The molecule has 1 heterocycles. The molecule has 2 atom stereocenters. The Kier molecular flexibility index (Phi) is 5.40. The van der Waals surface area contributed by atoms with Gasteiger partial charge in [-0.05, 0) is 43.5 Å². The zero-order valence-corrected chi connectivity index (χ0v) is 14.9. The number of hydrogen-bond acceptors (Lipinski definition) is 3. The van der Waals surface area contributed by atoms with Gasteiger partial charge >= 0.3 is 0 Å². The van der Waals surface area contributed by atoms with Crippen molar-refractivity contribution in [1.29, 1.82) is 0 Å². The van der Waals surface area contributed by atoms with Gasteiger partial charge in [-0.2, -0.15) is 0 Å². The molecule has 0 unspecified atom stereocenters. The van der Waals surface area contributed by atoms with Crippen LogP contribution in [0, 0.1) is 11.7 Å². The lowest BCUT2D eigenvalue weighted by atomic mass is 9.78. The van der Waals surface area contributed by atoms with E-state index in [2.05, 4.69) is 17.0 Å². The minimum absolute atomic E-state index is 0.142. The molecule has 0 aromatic heterocycles. The van der Waals surface area contributed by atoms with E-state index in [1.807, 2.05) is 25.1 Å². The van der Waals surface area contributed by atoms with E-state index in [1.54, 1.807) is 13.2 Å². The fraction of sp³-hybridized carbons (Fsp3) is 0.429. The summed E-state index contributed by atoms with van der Waals surface area (Å²) in [5, 5.41) is 10.8. The lowest BCUT2D eigenvalue weighted by Gasteiger charge is -2.43. The van der Waals surface area contributed by atoms with Crippen molar-refractivity contribution in [1.82, 2.24) is 4.90 Å². The van der Waals surface area contributed by atoms with Crippen molar-refractivity contribution in [3.63, 3.8) is 0 Å². The van der Waals surface area contributed by atoms with E-state index >= 15 is 0 Å². The van der Waals surface area contributed by atoms with Crippen molar-refractivity contribution in [2.75, 3.05) is 20.2 Å². The van der Waals surface area contributed by atoms with Gasteiger partial charge in [-0.3, -0.25) is 4.90 Å². The Labute approximate surface area is 149 Å². The average Bonchev–Trinajstić information content (AvgIpc) is 2.59. The van der Waals surface area contributed by atoms with Gasteiger partial charge in [0.2, 0.25) is 0 Å². The first-order chi connectivity index (χ1) is 12.0. The maximum absolute atomic E-state index is 13.6. The smallest absolute Gasteiger partial charge is 0.123 e. The van der Waals surface area contributed by atoms with Crippen LogP contribution in [0.3, 0.4) is 0 Å². The molecule has 3 nitrogen and oxygen atoms in total. The van der Waals surface area contributed by atoms with Crippen molar-refractivity contribution in [3.05, 3.63) is 65.5 Å². The number of hydrogen-bond donors (Lipinski definition) is 1. The van der Waals surface area contributed by atoms with Gasteiger partial charge in [0.05, 0.1) is 12.7 Å². The summed E-state index contributed by atoms with van der Waals surface area (Å²) in [6, 6.07) is 14.9. The summed E-state index contributed by atoms with van der Waals surface area (Å²) in [5.74, 6) is 0.599. The third-order valence-electron chi connectivity index (χ3n) is 5.25. The van der Waals surface area contributed by atoms with E-state index in [1.165, 1.54) is 17.7 Å².